The molecule has 4 heterocycles. The zero-order valence-electron chi connectivity index (χ0n) is 19.1. The first kappa shape index (κ1) is 22.9. The molecule has 0 bridgehead atoms. The van der Waals surface area contributed by atoms with Crippen LogP contribution in [-0.2, 0) is 0 Å². The number of hydrogen-bond donors (Lipinski definition) is 3. The van der Waals surface area contributed by atoms with Crippen molar-refractivity contribution in [1.29, 1.82) is 0 Å². The zero-order valence-corrected chi connectivity index (χ0v) is 19.1. The number of nitrogens with zero attached hydrogens (tertiary/aromatic N) is 5. The maximum absolute atomic E-state index is 13.9. The lowest BCUT2D eigenvalue weighted by Gasteiger charge is -2.32. The molecule has 0 aliphatic carbocycles. The number of carbonyl (C=O) groups is 1. The SMILES string of the molecule is CCNC(=O)c1cn(C(C)CC)c2cc(Nc3ccnc(N4CC[C@@H](O)[C@@H](F)C4)n3)ncc12. The number of aromatic nitrogens is 4. The van der Waals surface area contributed by atoms with E-state index < -0.39 is 12.3 Å². The smallest absolute Gasteiger partial charge is 0.253 e. The molecule has 9 nitrogen and oxygen atoms in total. The number of alkyl halides is 1. The van der Waals surface area contributed by atoms with Gasteiger partial charge in [0, 0.05) is 49.2 Å². The molecular formula is C23H30FN7O2. The monoisotopic (exact) mass is 455 g/mol. The van der Waals surface area contributed by atoms with Gasteiger partial charge >= 0.3 is 0 Å². The lowest BCUT2D eigenvalue weighted by molar-refractivity contribution is 0.0612. The van der Waals surface area contributed by atoms with Crippen molar-refractivity contribution in [3.8, 4) is 0 Å². The van der Waals surface area contributed by atoms with Crippen LogP contribution in [0.1, 0.15) is 50.0 Å². The number of aliphatic hydroxyl groups is 1. The first-order valence-electron chi connectivity index (χ1n) is 11.4. The molecule has 0 radical (unpaired) electrons. The quantitative estimate of drug-likeness (QED) is 0.502. The van der Waals surface area contributed by atoms with Crippen molar-refractivity contribution >= 4 is 34.4 Å². The summed E-state index contributed by atoms with van der Waals surface area (Å²) in [5.41, 5.74) is 1.51. The summed E-state index contributed by atoms with van der Waals surface area (Å²) in [6.07, 6.45) is 4.18. The summed E-state index contributed by atoms with van der Waals surface area (Å²) < 4.78 is 16.0. The van der Waals surface area contributed by atoms with Crippen molar-refractivity contribution in [2.24, 2.45) is 0 Å². The Bertz CT molecular complexity index is 1140. The fourth-order valence-corrected chi connectivity index (χ4v) is 3.99. The second kappa shape index (κ2) is 9.70. The lowest BCUT2D eigenvalue weighted by atomic mass is 10.1. The van der Waals surface area contributed by atoms with Crippen molar-refractivity contribution in [3.05, 3.63) is 36.3 Å². The van der Waals surface area contributed by atoms with Crippen LogP contribution < -0.4 is 15.5 Å². The minimum absolute atomic E-state index is 0.0554. The molecule has 0 saturated carbocycles. The maximum Gasteiger partial charge on any atom is 0.253 e. The van der Waals surface area contributed by atoms with E-state index in [-0.39, 0.29) is 18.5 Å². The number of anilines is 3. The van der Waals surface area contributed by atoms with E-state index in [0.29, 0.717) is 42.7 Å². The van der Waals surface area contributed by atoms with E-state index in [9.17, 15) is 14.3 Å². The Morgan fingerprint density at radius 2 is 2.15 bits per heavy atom. The first-order valence-corrected chi connectivity index (χ1v) is 11.4. The van der Waals surface area contributed by atoms with Gasteiger partial charge in [-0.15, -0.1) is 0 Å². The number of halogens is 1. The number of nitrogens with one attached hydrogen (secondary N) is 2. The molecule has 1 aliphatic rings. The van der Waals surface area contributed by atoms with Crippen molar-refractivity contribution in [3.63, 3.8) is 0 Å². The summed E-state index contributed by atoms with van der Waals surface area (Å²) in [5, 5.41) is 16.5. The molecule has 1 saturated heterocycles. The third-order valence-electron chi connectivity index (χ3n) is 6.06. The predicted octanol–water partition coefficient (Wildman–Crippen LogP) is 3.20. The highest BCUT2D eigenvalue weighted by Crippen LogP contribution is 2.28. The number of piperidine rings is 1. The highest BCUT2D eigenvalue weighted by molar-refractivity contribution is 6.07. The lowest BCUT2D eigenvalue weighted by Crippen LogP contribution is -2.45. The number of fused-ring (bicyclic) bond motifs is 1. The van der Waals surface area contributed by atoms with E-state index in [4.69, 9.17) is 0 Å². The van der Waals surface area contributed by atoms with Crippen LogP contribution in [0.25, 0.3) is 10.9 Å². The van der Waals surface area contributed by atoms with Gasteiger partial charge in [0.05, 0.1) is 23.7 Å². The van der Waals surface area contributed by atoms with Crippen molar-refractivity contribution in [2.75, 3.05) is 29.9 Å². The van der Waals surface area contributed by atoms with Crippen LogP contribution in [0.3, 0.4) is 0 Å². The maximum atomic E-state index is 13.9. The fraction of sp³-hybridized carbons (Fsp3) is 0.478. The molecule has 1 unspecified atom stereocenters. The van der Waals surface area contributed by atoms with E-state index in [1.54, 1.807) is 23.4 Å². The number of carbonyl (C=O) groups excluding carboxylic acids is 1. The van der Waals surface area contributed by atoms with Gasteiger partial charge in [-0.1, -0.05) is 6.92 Å². The molecule has 1 fully saturated rings. The van der Waals surface area contributed by atoms with Crippen molar-refractivity contribution in [2.45, 2.75) is 51.9 Å². The van der Waals surface area contributed by atoms with E-state index in [1.807, 2.05) is 19.2 Å². The summed E-state index contributed by atoms with van der Waals surface area (Å²) in [6.45, 7) is 7.20. The second-order valence-electron chi connectivity index (χ2n) is 8.34. The van der Waals surface area contributed by atoms with Crippen LogP contribution in [0.5, 0.6) is 0 Å². The van der Waals surface area contributed by atoms with E-state index in [2.05, 4.69) is 44.0 Å². The molecule has 176 valence electrons. The fourth-order valence-electron chi connectivity index (χ4n) is 3.99. The molecule has 0 aromatic carbocycles. The number of pyridine rings is 1. The molecule has 0 spiro atoms. The standard InChI is InChI=1S/C23H30FN7O2/c1-4-14(3)31-12-16(22(33)25-5-2)15-11-27-21(10-18(15)31)28-20-6-8-26-23(29-20)30-9-7-19(32)17(24)13-30/h6,8,10-12,14,17,19,32H,4-5,7,9,13H2,1-3H3,(H,25,33)(H,26,27,28,29)/t14?,17-,19+/m0/s1. The van der Waals surface area contributed by atoms with E-state index in [1.165, 1.54) is 0 Å². The minimum atomic E-state index is -1.32. The second-order valence-corrected chi connectivity index (χ2v) is 8.34. The zero-order chi connectivity index (χ0) is 23.5. The summed E-state index contributed by atoms with van der Waals surface area (Å²) in [7, 11) is 0. The third kappa shape index (κ3) is 4.75. The number of rotatable bonds is 7. The predicted molar refractivity (Wildman–Crippen MR) is 126 cm³/mol. The summed E-state index contributed by atoms with van der Waals surface area (Å²) in [5.74, 6) is 1.39. The van der Waals surface area contributed by atoms with Crippen LogP contribution >= 0.6 is 0 Å². The molecule has 3 aromatic heterocycles. The first-order chi connectivity index (χ1) is 15.9. The van der Waals surface area contributed by atoms with E-state index in [0.717, 1.165) is 17.3 Å². The molecule has 3 N–H and O–H groups in total. The number of amides is 1. The summed E-state index contributed by atoms with van der Waals surface area (Å²) >= 11 is 0. The molecule has 4 rings (SSSR count). The Morgan fingerprint density at radius 1 is 1.33 bits per heavy atom. The van der Waals surface area contributed by atoms with Crippen LogP contribution in [-0.4, -0.2) is 62.4 Å². The van der Waals surface area contributed by atoms with Crippen LogP contribution in [0.4, 0.5) is 22.0 Å². The van der Waals surface area contributed by atoms with E-state index >= 15 is 0 Å². The third-order valence-corrected chi connectivity index (χ3v) is 6.06. The minimum Gasteiger partial charge on any atom is -0.390 e. The van der Waals surface area contributed by atoms with Gasteiger partial charge in [0.25, 0.3) is 5.91 Å². The highest BCUT2D eigenvalue weighted by Gasteiger charge is 2.28. The normalized spacial score (nSPS) is 19.5. The van der Waals surface area contributed by atoms with Gasteiger partial charge in [0.2, 0.25) is 5.95 Å². The van der Waals surface area contributed by atoms with Gasteiger partial charge in [-0.25, -0.2) is 14.4 Å². The van der Waals surface area contributed by atoms with Crippen LogP contribution in [0.2, 0.25) is 0 Å². The molecule has 10 heteroatoms. The number of aliphatic hydroxyl groups excluding tert-OH is 1. The Labute approximate surface area is 192 Å². The van der Waals surface area contributed by atoms with Gasteiger partial charge in [-0.3, -0.25) is 4.79 Å². The van der Waals surface area contributed by atoms with Crippen LogP contribution in [0, 0.1) is 0 Å². The van der Waals surface area contributed by atoms with Gasteiger partial charge in [0.1, 0.15) is 17.8 Å². The molecule has 1 amide bonds. The summed E-state index contributed by atoms with van der Waals surface area (Å²) in [4.78, 5) is 27.6. The molecule has 1 aliphatic heterocycles. The van der Waals surface area contributed by atoms with Gasteiger partial charge in [-0.05, 0) is 32.8 Å². The molecule has 33 heavy (non-hydrogen) atoms. The Balaban J connectivity index is 1.62. The average molecular weight is 456 g/mol. The summed E-state index contributed by atoms with van der Waals surface area (Å²) in [6, 6.07) is 3.83. The van der Waals surface area contributed by atoms with Gasteiger partial charge in [0.15, 0.2) is 0 Å². The van der Waals surface area contributed by atoms with Crippen molar-refractivity contribution < 1.29 is 14.3 Å². The Kier molecular flexibility index (Phi) is 6.73. The van der Waals surface area contributed by atoms with Crippen LogP contribution in [0.15, 0.2) is 30.7 Å². The van der Waals surface area contributed by atoms with Crippen molar-refractivity contribution in [1.82, 2.24) is 24.8 Å². The Hall–Kier alpha value is -3.27. The molecule has 3 aromatic rings. The number of hydrogen-bond acceptors (Lipinski definition) is 7. The molecule has 3 atom stereocenters. The molecular weight excluding hydrogens is 425 g/mol. The van der Waals surface area contributed by atoms with Gasteiger partial charge in [-0.2, -0.15) is 4.98 Å². The largest absolute Gasteiger partial charge is 0.390 e. The Morgan fingerprint density at radius 3 is 2.88 bits per heavy atom. The topological polar surface area (TPSA) is 108 Å². The highest BCUT2D eigenvalue weighted by atomic mass is 19.1. The average Bonchev–Trinajstić information content (AvgIpc) is 3.20. The van der Waals surface area contributed by atoms with Gasteiger partial charge < -0.3 is 25.2 Å².